The number of benzene rings is 4. The molecule has 0 aliphatic heterocycles. The summed E-state index contributed by atoms with van der Waals surface area (Å²) in [6.07, 6.45) is 3.07. The zero-order valence-electron chi connectivity index (χ0n) is 31.5. The van der Waals surface area contributed by atoms with Gasteiger partial charge < -0.3 is 14.4 Å². The van der Waals surface area contributed by atoms with Gasteiger partial charge in [-0.05, 0) is 76.5 Å². The molecule has 0 unspecified atom stereocenters. The minimum Gasteiger partial charge on any atom is -0.501 e. The number of aryl methyl sites for hydroxylation is 2. The molecule has 0 aliphatic rings. The molecule has 0 amide bonds. The summed E-state index contributed by atoms with van der Waals surface area (Å²) in [7, 11) is 0. The Bertz CT molecular complexity index is 2350. The second-order valence-electron chi connectivity index (χ2n) is 11.6. The third-order valence-electron chi connectivity index (χ3n) is 7.55. The van der Waals surface area contributed by atoms with Crippen LogP contribution >= 0.6 is 0 Å². The van der Waals surface area contributed by atoms with E-state index in [9.17, 15) is 5.26 Å². The maximum atomic E-state index is 9.28. The van der Waals surface area contributed by atoms with E-state index in [-0.39, 0.29) is 42.2 Å². The van der Waals surface area contributed by atoms with Gasteiger partial charge >= 0.3 is 0 Å². The molecule has 4 aromatic carbocycles. The van der Waals surface area contributed by atoms with Gasteiger partial charge in [-0.2, -0.15) is 5.26 Å². The summed E-state index contributed by atoms with van der Waals surface area (Å²) in [4.78, 5) is 8.68. The van der Waals surface area contributed by atoms with Crippen LogP contribution in [-0.2, 0) is 25.5 Å². The van der Waals surface area contributed by atoms with Gasteiger partial charge in [-0.1, -0.05) is 74.2 Å². The molecule has 0 saturated carbocycles. The molecule has 0 fully saturated rings. The van der Waals surface area contributed by atoms with E-state index in [4.69, 9.17) is 12.6 Å². The van der Waals surface area contributed by atoms with Crippen molar-refractivity contribution in [1.82, 2.24) is 9.97 Å². The van der Waals surface area contributed by atoms with Gasteiger partial charge in [0, 0.05) is 46.1 Å². The molecular formula is C41H33IrN3O-2. The fraction of sp³-hybridized carbons (Fsp3) is 0.146. The van der Waals surface area contributed by atoms with E-state index in [2.05, 4.69) is 28.2 Å². The molecule has 7 aromatic rings. The normalized spacial score (nSPS) is 13.4. The van der Waals surface area contributed by atoms with Crippen LogP contribution in [0.5, 0.6) is 0 Å². The molecule has 0 N–H and O–H groups in total. The Morgan fingerprint density at radius 3 is 2.35 bits per heavy atom. The summed E-state index contributed by atoms with van der Waals surface area (Å²) >= 11 is 0. The van der Waals surface area contributed by atoms with Crippen LogP contribution in [0.3, 0.4) is 0 Å². The summed E-state index contributed by atoms with van der Waals surface area (Å²) in [5.41, 5.74) is 5.53. The number of nitrogens with zero attached hydrogens (tertiary/aromatic N) is 3. The average Bonchev–Trinajstić information content (AvgIpc) is 3.49. The Morgan fingerprint density at radius 1 is 0.783 bits per heavy atom. The van der Waals surface area contributed by atoms with Gasteiger partial charge in [0.05, 0.1) is 17.2 Å². The van der Waals surface area contributed by atoms with Crippen LogP contribution in [0.2, 0.25) is 0 Å². The van der Waals surface area contributed by atoms with Crippen molar-refractivity contribution in [2.75, 3.05) is 0 Å². The second-order valence-corrected chi connectivity index (χ2v) is 11.6. The largest absolute Gasteiger partial charge is 0.501 e. The van der Waals surface area contributed by atoms with Crippen molar-refractivity contribution in [3.8, 4) is 39.7 Å². The minimum absolute atomic E-state index is 0. The van der Waals surface area contributed by atoms with Gasteiger partial charge in [0.1, 0.15) is 5.58 Å². The fourth-order valence-corrected chi connectivity index (χ4v) is 5.14. The van der Waals surface area contributed by atoms with Crippen LogP contribution in [0.15, 0.2) is 114 Å². The Morgan fingerprint density at radius 2 is 1.63 bits per heavy atom. The van der Waals surface area contributed by atoms with E-state index in [0.717, 1.165) is 27.6 Å². The third kappa shape index (κ3) is 6.70. The van der Waals surface area contributed by atoms with Crippen molar-refractivity contribution in [2.45, 2.75) is 39.9 Å². The Balaban J connectivity index is 0.000000339. The zero-order valence-corrected chi connectivity index (χ0v) is 27.9. The van der Waals surface area contributed by atoms with Gasteiger partial charge in [0.25, 0.3) is 0 Å². The van der Waals surface area contributed by atoms with Crippen LogP contribution in [0, 0.1) is 37.2 Å². The summed E-state index contributed by atoms with van der Waals surface area (Å²) in [6, 6.07) is 37.6. The van der Waals surface area contributed by atoms with E-state index < -0.39 is 13.7 Å². The summed E-state index contributed by atoms with van der Waals surface area (Å²) in [6.45, 7) is 0.973. The maximum Gasteiger partial charge on any atom is 0.122 e. The van der Waals surface area contributed by atoms with E-state index >= 15 is 0 Å². The molecule has 0 atom stereocenters. The standard InChI is InChI=1S/C30H25N2O.C11H8N.Ir/c1-18-13-21(30(3,4)5)10-12-22(18)26-15-27(32-17-19(26)2)25-8-6-7-24-23-11-9-20(16-31)14-28(23)33-29(24)25;1-2-6-10(7-3-1)11-8-4-5-9-12-11;/h6-7,9-15,17H,1-5H3;1-6,8-9H;/q2*-1;/i1D3,2D3;;. The predicted octanol–water partition coefficient (Wildman–Crippen LogP) is 10.4. The molecule has 3 aromatic heterocycles. The van der Waals surface area contributed by atoms with Crippen molar-refractivity contribution >= 4 is 21.9 Å². The molecule has 7 rings (SSSR count). The Labute approximate surface area is 292 Å². The quantitative estimate of drug-likeness (QED) is 0.168. The fourth-order valence-electron chi connectivity index (χ4n) is 5.14. The monoisotopic (exact) mass is 782 g/mol. The zero-order chi connectivity index (χ0) is 36.6. The molecule has 0 spiro atoms. The van der Waals surface area contributed by atoms with Crippen molar-refractivity contribution in [2.24, 2.45) is 0 Å². The molecule has 3 heterocycles. The van der Waals surface area contributed by atoms with Gasteiger partial charge in [0.2, 0.25) is 0 Å². The van der Waals surface area contributed by atoms with Crippen LogP contribution in [0.1, 0.15) is 51.2 Å². The molecule has 0 bridgehead atoms. The first-order chi connectivity index (χ1) is 24.1. The van der Waals surface area contributed by atoms with Crippen LogP contribution in [0.4, 0.5) is 0 Å². The average molecular weight is 782 g/mol. The first-order valence-electron chi connectivity index (χ1n) is 17.5. The molecular weight excluding hydrogens is 743 g/mol. The number of fused-ring (bicyclic) bond motifs is 3. The first kappa shape index (κ1) is 25.3. The van der Waals surface area contributed by atoms with Crippen LogP contribution in [0.25, 0.3) is 55.6 Å². The van der Waals surface area contributed by atoms with E-state index in [1.54, 1.807) is 42.6 Å². The number of hydrogen-bond donors (Lipinski definition) is 0. The van der Waals surface area contributed by atoms with Gasteiger partial charge in [0.15, 0.2) is 0 Å². The van der Waals surface area contributed by atoms with Crippen molar-refractivity contribution in [3.63, 3.8) is 0 Å². The maximum absolute atomic E-state index is 9.28. The summed E-state index contributed by atoms with van der Waals surface area (Å²) in [5, 5.41) is 10.9. The molecule has 4 nitrogen and oxygen atoms in total. The van der Waals surface area contributed by atoms with Crippen molar-refractivity contribution < 1.29 is 32.7 Å². The predicted molar refractivity (Wildman–Crippen MR) is 183 cm³/mol. The number of rotatable bonds is 3. The molecule has 5 heteroatoms. The summed E-state index contributed by atoms with van der Waals surface area (Å²) < 4.78 is 55.3. The number of hydrogen-bond acceptors (Lipinski definition) is 4. The van der Waals surface area contributed by atoms with Gasteiger partial charge in [-0.15, -0.1) is 54.1 Å². The van der Waals surface area contributed by atoms with Crippen LogP contribution in [-0.4, -0.2) is 9.97 Å². The topological polar surface area (TPSA) is 62.7 Å². The SMILES string of the molecule is [2H]C([2H])([2H])c1cnc(-c2[c-]ccc3c2oc2cc(C#N)ccc23)cc1-c1ccc(C(C)(C)C)cc1C([2H])([2H])[2H].[Ir].[c-]1ccccc1-c1ccccn1. The van der Waals surface area contributed by atoms with Gasteiger partial charge in [-0.3, -0.25) is 0 Å². The molecule has 0 saturated heterocycles. The minimum atomic E-state index is -2.53. The number of pyridine rings is 2. The van der Waals surface area contributed by atoms with E-state index in [0.29, 0.717) is 33.6 Å². The van der Waals surface area contributed by atoms with Gasteiger partial charge in [-0.25, -0.2) is 0 Å². The third-order valence-corrected chi connectivity index (χ3v) is 7.55. The smallest absolute Gasteiger partial charge is 0.122 e. The number of nitriles is 1. The van der Waals surface area contributed by atoms with E-state index in [1.165, 1.54) is 6.20 Å². The molecule has 46 heavy (non-hydrogen) atoms. The first-order valence-corrected chi connectivity index (χ1v) is 14.5. The van der Waals surface area contributed by atoms with E-state index in [1.807, 2.05) is 81.4 Å². The molecule has 229 valence electrons. The second kappa shape index (κ2) is 13.6. The number of aromatic nitrogens is 2. The Kier molecular flexibility index (Phi) is 7.50. The summed E-state index contributed by atoms with van der Waals surface area (Å²) in [5.74, 6) is 0. The number of furan rings is 1. The Hall–Kier alpha value is -4.88. The van der Waals surface area contributed by atoms with Crippen molar-refractivity contribution in [1.29, 1.82) is 5.26 Å². The molecule has 1 radical (unpaired) electrons. The molecule has 0 aliphatic carbocycles. The van der Waals surface area contributed by atoms with Crippen molar-refractivity contribution in [3.05, 3.63) is 144 Å². The van der Waals surface area contributed by atoms with Crippen LogP contribution < -0.4 is 0 Å².